The van der Waals surface area contributed by atoms with Gasteiger partial charge in [0.2, 0.25) is 0 Å². The van der Waals surface area contributed by atoms with Gasteiger partial charge in [0, 0.05) is 5.56 Å². The highest BCUT2D eigenvalue weighted by atomic mass is 19.1. The molecule has 0 aromatic heterocycles. The molecule has 0 saturated carbocycles. The summed E-state index contributed by atoms with van der Waals surface area (Å²) >= 11 is 0. The van der Waals surface area contributed by atoms with Gasteiger partial charge in [0.15, 0.2) is 0 Å². The molecule has 1 rings (SSSR count). The third kappa shape index (κ3) is 4.91. The van der Waals surface area contributed by atoms with Gasteiger partial charge in [-0.05, 0) is 38.5 Å². The van der Waals surface area contributed by atoms with Crippen LogP contribution in [0.4, 0.5) is 4.39 Å². The molecule has 5 heteroatoms. The highest BCUT2D eigenvalue weighted by molar-refractivity contribution is 5.96. The van der Waals surface area contributed by atoms with Gasteiger partial charge in [0.1, 0.15) is 11.9 Å². The molecular formula is C14H16FNO3. The van der Waals surface area contributed by atoms with E-state index in [1.165, 1.54) is 18.2 Å². The molecule has 1 aromatic rings. The van der Waals surface area contributed by atoms with Crippen LogP contribution in [0.5, 0.6) is 0 Å². The molecule has 0 spiro atoms. The van der Waals surface area contributed by atoms with Gasteiger partial charge in [-0.15, -0.1) is 0 Å². The Hall–Kier alpha value is -2.17. The van der Waals surface area contributed by atoms with Crippen LogP contribution < -0.4 is 5.32 Å². The van der Waals surface area contributed by atoms with Crippen molar-refractivity contribution in [1.29, 1.82) is 0 Å². The predicted molar refractivity (Wildman–Crippen MR) is 69.3 cm³/mol. The highest BCUT2D eigenvalue weighted by Gasteiger charge is 2.19. The van der Waals surface area contributed by atoms with E-state index in [1.807, 2.05) is 13.8 Å². The summed E-state index contributed by atoms with van der Waals surface area (Å²) in [4.78, 5) is 22.8. The molecule has 0 unspecified atom stereocenters. The Kier molecular flexibility index (Phi) is 5.23. The van der Waals surface area contributed by atoms with Crippen molar-refractivity contribution in [3.8, 4) is 0 Å². The number of aliphatic carboxylic acids is 1. The van der Waals surface area contributed by atoms with Crippen molar-refractivity contribution in [2.45, 2.75) is 26.3 Å². The molecule has 2 N–H and O–H groups in total. The van der Waals surface area contributed by atoms with Crippen LogP contribution in [-0.4, -0.2) is 23.0 Å². The molecule has 0 saturated heterocycles. The zero-order chi connectivity index (χ0) is 14.4. The second-order valence-corrected chi connectivity index (χ2v) is 4.39. The Morgan fingerprint density at radius 1 is 1.42 bits per heavy atom. The van der Waals surface area contributed by atoms with Gasteiger partial charge in [-0.2, -0.15) is 0 Å². The van der Waals surface area contributed by atoms with Crippen molar-refractivity contribution in [3.63, 3.8) is 0 Å². The Labute approximate surface area is 110 Å². The highest BCUT2D eigenvalue weighted by Crippen LogP contribution is 2.05. The average Bonchev–Trinajstić information content (AvgIpc) is 2.33. The predicted octanol–water partition coefficient (Wildman–Crippen LogP) is 2.37. The number of amides is 1. The maximum absolute atomic E-state index is 13.0. The van der Waals surface area contributed by atoms with E-state index >= 15 is 0 Å². The molecule has 0 radical (unpaired) electrons. The van der Waals surface area contributed by atoms with Crippen molar-refractivity contribution in [3.05, 3.63) is 47.3 Å². The monoisotopic (exact) mass is 265 g/mol. The number of rotatable bonds is 5. The van der Waals surface area contributed by atoms with E-state index in [0.29, 0.717) is 0 Å². The molecule has 1 amide bonds. The molecule has 0 fully saturated rings. The number of hydrogen-bond acceptors (Lipinski definition) is 2. The third-order valence-electron chi connectivity index (χ3n) is 2.45. The minimum absolute atomic E-state index is 0.100. The number of carbonyl (C=O) groups excluding carboxylic acids is 1. The van der Waals surface area contributed by atoms with Gasteiger partial charge in [0.05, 0.1) is 0 Å². The molecule has 19 heavy (non-hydrogen) atoms. The standard InChI is InChI=1S/C14H16FNO3/c1-9(2)6-7-12(14(18)19)16-13(17)10-4-3-5-11(15)8-10/h3-6,8,12H,7H2,1-2H3,(H,16,17)(H,18,19)/t12-/m0/s1. The number of benzene rings is 1. The lowest BCUT2D eigenvalue weighted by molar-refractivity contribution is -0.139. The van der Waals surface area contributed by atoms with Gasteiger partial charge >= 0.3 is 5.97 Å². The van der Waals surface area contributed by atoms with Gasteiger partial charge in [-0.25, -0.2) is 9.18 Å². The number of hydrogen-bond donors (Lipinski definition) is 2. The van der Waals surface area contributed by atoms with Crippen LogP contribution in [0.2, 0.25) is 0 Å². The molecule has 0 bridgehead atoms. The summed E-state index contributed by atoms with van der Waals surface area (Å²) < 4.78 is 13.0. The van der Waals surface area contributed by atoms with E-state index in [0.717, 1.165) is 11.6 Å². The average molecular weight is 265 g/mol. The molecule has 4 nitrogen and oxygen atoms in total. The van der Waals surface area contributed by atoms with Crippen LogP contribution >= 0.6 is 0 Å². The first-order chi connectivity index (χ1) is 8.90. The van der Waals surface area contributed by atoms with E-state index in [4.69, 9.17) is 5.11 Å². The largest absolute Gasteiger partial charge is 0.480 e. The minimum Gasteiger partial charge on any atom is -0.480 e. The van der Waals surface area contributed by atoms with E-state index in [-0.39, 0.29) is 12.0 Å². The first kappa shape index (κ1) is 14.9. The minimum atomic E-state index is -1.12. The van der Waals surface area contributed by atoms with Gasteiger partial charge in [0.25, 0.3) is 5.91 Å². The Morgan fingerprint density at radius 3 is 2.63 bits per heavy atom. The summed E-state index contributed by atoms with van der Waals surface area (Å²) in [7, 11) is 0. The van der Waals surface area contributed by atoms with E-state index in [2.05, 4.69) is 5.32 Å². The summed E-state index contributed by atoms with van der Waals surface area (Å²) in [6, 6.07) is 4.09. The second-order valence-electron chi connectivity index (χ2n) is 4.39. The lowest BCUT2D eigenvalue weighted by atomic mass is 10.1. The fourth-order valence-electron chi connectivity index (χ4n) is 1.45. The maximum Gasteiger partial charge on any atom is 0.326 e. The zero-order valence-electron chi connectivity index (χ0n) is 10.8. The Balaban J connectivity index is 2.77. The van der Waals surface area contributed by atoms with Gasteiger partial charge < -0.3 is 10.4 Å². The number of carboxylic acids is 1. The maximum atomic E-state index is 13.0. The van der Waals surface area contributed by atoms with E-state index < -0.39 is 23.7 Å². The lowest BCUT2D eigenvalue weighted by Gasteiger charge is -2.13. The van der Waals surface area contributed by atoms with E-state index in [9.17, 15) is 14.0 Å². The van der Waals surface area contributed by atoms with Crippen LogP contribution in [0.1, 0.15) is 30.6 Å². The number of halogens is 1. The van der Waals surface area contributed by atoms with Crippen LogP contribution in [-0.2, 0) is 4.79 Å². The number of carbonyl (C=O) groups is 2. The van der Waals surface area contributed by atoms with Crippen molar-refractivity contribution in [2.24, 2.45) is 0 Å². The quantitative estimate of drug-likeness (QED) is 0.803. The van der Waals surface area contributed by atoms with Gasteiger partial charge in [-0.3, -0.25) is 4.79 Å². The lowest BCUT2D eigenvalue weighted by Crippen LogP contribution is -2.40. The van der Waals surface area contributed by atoms with Gasteiger partial charge in [-0.1, -0.05) is 17.7 Å². The molecule has 1 aromatic carbocycles. The second kappa shape index (κ2) is 6.68. The first-order valence-corrected chi connectivity index (χ1v) is 5.82. The smallest absolute Gasteiger partial charge is 0.326 e. The topological polar surface area (TPSA) is 66.4 Å². The summed E-state index contributed by atoms with van der Waals surface area (Å²) in [5.74, 6) is -2.26. The molecule has 0 aliphatic rings. The molecular weight excluding hydrogens is 249 g/mol. The molecule has 0 aliphatic heterocycles. The Morgan fingerprint density at radius 2 is 2.11 bits per heavy atom. The summed E-state index contributed by atoms with van der Waals surface area (Å²) in [6.45, 7) is 3.68. The third-order valence-corrected chi connectivity index (χ3v) is 2.45. The summed E-state index contributed by atoms with van der Waals surface area (Å²) in [5, 5.41) is 11.4. The fourth-order valence-corrected chi connectivity index (χ4v) is 1.45. The zero-order valence-corrected chi connectivity index (χ0v) is 10.8. The van der Waals surface area contributed by atoms with Crippen LogP contribution in [0.25, 0.3) is 0 Å². The molecule has 1 atom stereocenters. The summed E-state index contributed by atoms with van der Waals surface area (Å²) in [5.41, 5.74) is 1.06. The normalized spacial score (nSPS) is 11.5. The van der Waals surface area contributed by atoms with Crippen molar-refractivity contribution < 1.29 is 19.1 Å². The first-order valence-electron chi connectivity index (χ1n) is 5.82. The molecule has 102 valence electrons. The van der Waals surface area contributed by atoms with Crippen LogP contribution in [0, 0.1) is 5.82 Å². The fraction of sp³-hybridized carbons (Fsp3) is 0.286. The number of carboxylic acid groups (broad SMARTS) is 1. The van der Waals surface area contributed by atoms with Crippen molar-refractivity contribution in [2.75, 3.05) is 0 Å². The van der Waals surface area contributed by atoms with Crippen molar-refractivity contribution >= 4 is 11.9 Å². The number of nitrogens with one attached hydrogen (secondary N) is 1. The van der Waals surface area contributed by atoms with E-state index in [1.54, 1.807) is 6.08 Å². The Bertz CT molecular complexity index is 507. The number of allylic oxidation sites excluding steroid dienone is 1. The SMILES string of the molecule is CC(C)=CC[C@H](NC(=O)c1cccc(F)c1)C(=O)O. The molecule has 0 heterocycles. The molecule has 0 aliphatic carbocycles. The van der Waals surface area contributed by atoms with Crippen LogP contribution in [0.15, 0.2) is 35.9 Å². The van der Waals surface area contributed by atoms with Crippen molar-refractivity contribution in [1.82, 2.24) is 5.32 Å². The van der Waals surface area contributed by atoms with Crippen LogP contribution in [0.3, 0.4) is 0 Å². The summed E-state index contributed by atoms with van der Waals surface area (Å²) in [6.07, 6.45) is 1.92.